The molecule has 2 fully saturated rings. The van der Waals surface area contributed by atoms with E-state index >= 15 is 0 Å². The van der Waals surface area contributed by atoms with Crippen LogP contribution in [0.15, 0.2) is 49.1 Å². The van der Waals surface area contributed by atoms with Crippen LogP contribution in [-0.2, 0) is 11.3 Å². The summed E-state index contributed by atoms with van der Waals surface area (Å²) < 4.78 is 5.73. The highest BCUT2D eigenvalue weighted by Gasteiger charge is 2.31. The first-order valence-electron chi connectivity index (χ1n) is 12.2. The van der Waals surface area contributed by atoms with Crippen LogP contribution in [0.4, 0.5) is 0 Å². The highest BCUT2D eigenvalue weighted by Crippen LogP contribution is 2.44. The van der Waals surface area contributed by atoms with Crippen LogP contribution in [0.2, 0.25) is 0 Å². The normalized spacial score (nSPS) is 27.9. The largest absolute Gasteiger partial charge is 0.373 e. The van der Waals surface area contributed by atoms with E-state index in [2.05, 4.69) is 56.0 Å². The summed E-state index contributed by atoms with van der Waals surface area (Å²) in [5.74, 6) is 3.76. The molecule has 0 spiro atoms. The van der Waals surface area contributed by atoms with Gasteiger partial charge < -0.3 is 4.74 Å². The summed E-state index contributed by atoms with van der Waals surface area (Å²) in [7, 11) is 0. The summed E-state index contributed by atoms with van der Waals surface area (Å²) in [4.78, 5) is 0. The Labute approximate surface area is 179 Å². The quantitative estimate of drug-likeness (QED) is 0.287. The van der Waals surface area contributed by atoms with Crippen LogP contribution in [0.25, 0.3) is 0 Å². The van der Waals surface area contributed by atoms with E-state index in [4.69, 9.17) is 4.74 Å². The monoisotopic (exact) mass is 394 g/mol. The Morgan fingerprint density at radius 1 is 0.897 bits per heavy atom. The highest BCUT2D eigenvalue weighted by molar-refractivity contribution is 5.25. The summed E-state index contributed by atoms with van der Waals surface area (Å²) in [5, 5.41) is 0. The van der Waals surface area contributed by atoms with Gasteiger partial charge in [0.15, 0.2) is 0 Å². The van der Waals surface area contributed by atoms with Gasteiger partial charge in [-0.1, -0.05) is 62.3 Å². The van der Waals surface area contributed by atoms with Crippen molar-refractivity contribution >= 4 is 0 Å². The molecule has 2 saturated carbocycles. The molecule has 160 valence electrons. The van der Waals surface area contributed by atoms with Crippen LogP contribution in [-0.4, -0.2) is 6.61 Å². The lowest BCUT2D eigenvalue weighted by Gasteiger charge is -2.38. The van der Waals surface area contributed by atoms with Crippen LogP contribution in [0.1, 0.15) is 94.6 Å². The fourth-order valence-electron chi connectivity index (χ4n) is 5.59. The first-order chi connectivity index (χ1) is 14.3. The third kappa shape index (κ3) is 7.14. The van der Waals surface area contributed by atoms with Crippen LogP contribution in [0.3, 0.4) is 0 Å². The molecule has 1 aromatic carbocycles. The molecule has 0 saturated heterocycles. The first kappa shape index (κ1) is 22.3. The Hall–Kier alpha value is -1.34. The van der Waals surface area contributed by atoms with Crippen molar-refractivity contribution in [3.05, 3.63) is 60.2 Å². The number of rotatable bonds is 10. The molecule has 0 radical (unpaired) electrons. The lowest BCUT2D eigenvalue weighted by Crippen LogP contribution is -2.25. The molecule has 0 atom stereocenters. The van der Waals surface area contributed by atoms with E-state index in [1.165, 1.54) is 69.8 Å². The van der Waals surface area contributed by atoms with Crippen molar-refractivity contribution in [2.75, 3.05) is 6.61 Å². The Morgan fingerprint density at radius 3 is 2.17 bits per heavy atom. The number of hydrogen-bond acceptors (Lipinski definition) is 1. The average Bonchev–Trinajstić information content (AvgIpc) is 2.78. The zero-order chi connectivity index (χ0) is 20.3. The molecule has 29 heavy (non-hydrogen) atoms. The molecule has 2 aliphatic rings. The van der Waals surface area contributed by atoms with E-state index in [-0.39, 0.29) is 0 Å². The van der Waals surface area contributed by atoms with Gasteiger partial charge in [-0.05, 0) is 92.6 Å². The minimum absolute atomic E-state index is 0.718. The van der Waals surface area contributed by atoms with Gasteiger partial charge in [0.2, 0.25) is 0 Å². The minimum atomic E-state index is 0.718. The molecule has 1 heteroatoms. The Kier molecular flexibility index (Phi) is 9.54. The fraction of sp³-hybridized carbons (Fsp3) is 0.643. The van der Waals surface area contributed by atoms with E-state index in [1.807, 2.05) is 0 Å². The number of allylic oxidation sites excluding steroid dienone is 2. The zero-order valence-corrected chi connectivity index (χ0v) is 18.7. The van der Waals surface area contributed by atoms with Crippen molar-refractivity contribution < 1.29 is 4.74 Å². The molecule has 1 aromatic rings. The van der Waals surface area contributed by atoms with Crippen molar-refractivity contribution in [3.8, 4) is 0 Å². The molecule has 0 aromatic heterocycles. The number of ether oxygens (including phenoxy) is 1. The van der Waals surface area contributed by atoms with Crippen LogP contribution in [0.5, 0.6) is 0 Å². The van der Waals surface area contributed by atoms with Gasteiger partial charge in [-0.3, -0.25) is 0 Å². The maximum atomic E-state index is 5.73. The molecule has 0 heterocycles. The molecule has 0 N–H and O–H groups in total. The molecule has 0 amide bonds. The lowest BCUT2D eigenvalue weighted by atomic mass is 9.68. The topological polar surface area (TPSA) is 9.23 Å². The zero-order valence-electron chi connectivity index (χ0n) is 18.7. The van der Waals surface area contributed by atoms with E-state index in [1.54, 1.807) is 5.56 Å². The second-order valence-electron chi connectivity index (χ2n) is 9.39. The van der Waals surface area contributed by atoms with E-state index in [0.29, 0.717) is 0 Å². The van der Waals surface area contributed by atoms with E-state index < -0.39 is 0 Å². The summed E-state index contributed by atoms with van der Waals surface area (Å²) in [6.45, 7) is 7.47. The maximum Gasteiger partial charge on any atom is 0.0721 e. The van der Waals surface area contributed by atoms with Crippen molar-refractivity contribution in [3.63, 3.8) is 0 Å². The molecule has 2 aliphatic carbocycles. The smallest absolute Gasteiger partial charge is 0.0721 e. The molecule has 0 bridgehead atoms. The Balaban J connectivity index is 1.38. The van der Waals surface area contributed by atoms with Crippen LogP contribution >= 0.6 is 0 Å². The van der Waals surface area contributed by atoms with Gasteiger partial charge in [0.05, 0.1) is 13.2 Å². The predicted octanol–water partition coefficient (Wildman–Crippen LogP) is 8.22. The summed E-state index contributed by atoms with van der Waals surface area (Å²) in [6.07, 6.45) is 21.6. The first-order valence-corrected chi connectivity index (χ1v) is 12.2. The third-order valence-corrected chi connectivity index (χ3v) is 7.45. The third-order valence-electron chi connectivity index (χ3n) is 7.45. The lowest BCUT2D eigenvalue weighted by molar-refractivity contribution is 0.148. The van der Waals surface area contributed by atoms with Gasteiger partial charge in [0.1, 0.15) is 0 Å². The van der Waals surface area contributed by atoms with Crippen molar-refractivity contribution in [1.82, 2.24) is 0 Å². The molecule has 0 aliphatic heterocycles. The van der Waals surface area contributed by atoms with Gasteiger partial charge in [-0.25, -0.2) is 0 Å². The maximum absolute atomic E-state index is 5.73. The fourth-order valence-corrected chi connectivity index (χ4v) is 5.59. The van der Waals surface area contributed by atoms with Gasteiger partial charge in [0, 0.05) is 0 Å². The summed E-state index contributed by atoms with van der Waals surface area (Å²) in [6, 6.07) is 9.26. The van der Waals surface area contributed by atoms with E-state index in [0.717, 1.165) is 43.3 Å². The van der Waals surface area contributed by atoms with Gasteiger partial charge in [-0.15, -0.1) is 6.58 Å². The van der Waals surface area contributed by atoms with Gasteiger partial charge in [-0.2, -0.15) is 0 Å². The predicted molar refractivity (Wildman–Crippen MR) is 125 cm³/mol. The second-order valence-corrected chi connectivity index (χ2v) is 9.39. The second kappa shape index (κ2) is 12.4. The number of benzene rings is 1. The summed E-state index contributed by atoms with van der Waals surface area (Å²) in [5.41, 5.74) is 2.84. The standard InChI is InChI=1S/C28H42O/c1-3-5-7-21-29-22-24-11-15-26(16-12-24)28-19-17-27(18-20-28)25-13-9-23(10-14-25)8-6-4-2/h4-5,7,11-12,15-16,23,25,27-28H,2-3,6,8-10,13-14,17-22H2,1H3/b7-5+. The van der Waals surface area contributed by atoms with Gasteiger partial charge in [0.25, 0.3) is 0 Å². The number of hydrogen-bond donors (Lipinski definition) is 0. The van der Waals surface area contributed by atoms with E-state index in [9.17, 15) is 0 Å². The Bertz CT molecular complexity index is 598. The van der Waals surface area contributed by atoms with Gasteiger partial charge >= 0.3 is 0 Å². The average molecular weight is 395 g/mol. The highest BCUT2D eigenvalue weighted by atomic mass is 16.5. The molecule has 1 nitrogen and oxygen atoms in total. The molecular weight excluding hydrogens is 352 g/mol. The Morgan fingerprint density at radius 2 is 1.55 bits per heavy atom. The van der Waals surface area contributed by atoms with Crippen molar-refractivity contribution in [2.45, 2.75) is 90.1 Å². The minimum Gasteiger partial charge on any atom is -0.373 e. The molecule has 0 unspecified atom stereocenters. The summed E-state index contributed by atoms with van der Waals surface area (Å²) >= 11 is 0. The van der Waals surface area contributed by atoms with Crippen LogP contribution < -0.4 is 0 Å². The van der Waals surface area contributed by atoms with Crippen molar-refractivity contribution in [1.29, 1.82) is 0 Å². The molecular formula is C28H42O. The SMILES string of the molecule is C=CCCC1CCC(C2CCC(c3ccc(COC/C=C/CC)cc3)CC2)CC1. The van der Waals surface area contributed by atoms with Crippen molar-refractivity contribution in [2.24, 2.45) is 17.8 Å². The molecule has 3 rings (SSSR count). The van der Waals surface area contributed by atoms with Crippen LogP contribution in [0, 0.1) is 17.8 Å².